The van der Waals surface area contributed by atoms with Gasteiger partial charge in [-0.3, -0.25) is 0 Å². The van der Waals surface area contributed by atoms with Crippen LogP contribution < -0.4 is 10.1 Å². The Labute approximate surface area is 273 Å². The zero-order valence-electron chi connectivity index (χ0n) is 26.6. The molecule has 10 rings (SSSR count). The predicted octanol–water partition coefficient (Wildman–Crippen LogP) is 11.9. The molecule has 0 bridgehead atoms. The fourth-order valence-electron chi connectivity index (χ4n) is 8.11. The van der Waals surface area contributed by atoms with Gasteiger partial charge in [-0.2, -0.15) is 0 Å². The number of anilines is 3. The number of furan rings is 1. The van der Waals surface area contributed by atoms with Crippen molar-refractivity contribution in [2.75, 3.05) is 4.90 Å². The Bertz CT molecular complexity index is 2770. The lowest BCUT2D eigenvalue weighted by atomic mass is 10.0. The molecule has 3 heterocycles. The third kappa shape index (κ3) is 3.67. The van der Waals surface area contributed by atoms with Crippen molar-refractivity contribution in [2.24, 2.45) is 0 Å². The topological polar surface area (TPSA) is 20.8 Å². The van der Waals surface area contributed by atoms with E-state index in [9.17, 15) is 0 Å². The van der Waals surface area contributed by atoms with Gasteiger partial charge < -0.3 is 13.7 Å². The molecule has 0 aliphatic rings. The van der Waals surface area contributed by atoms with Crippen LogP contribution >= 0.6 is 0 Å². The van der Waals surface area contributed by atoms with E-state index in [-0.39, 0.29) is 0 Å². The fraction of sp³-hybridized carbons (Fsp3) is 0.0698. The molecule has 3 aromatic heterocycles. The third-order valence-corrected chi connectivity index (χ3v) is 12.0. The first kappa shape index (κ1) is 26.6. The molecule has 224 valence electrons. The highest BCUT2D eigenvalue weighted by molar-refractivity contribution is 6.91. The Balaban J connectivity index is 1.39. The van der Waals surface area contributed by atoms with Gasteiger partial charge in [-0.25, -0.2) is 0 Å². The maximum Gasteiger partial charge on any atom is 0.159 e. The van der Waals surface area contributed by atoms with E-state index < -0.39 is 8.07 Å². The van der Waals surface area contributed by atoms with Gasteiger partial charge in [0.25, 0.3) is 0 Å². The Hall–Kier alpha value is -5.58. The van der Waals surface area contributed by atoms with Gasteiger partial charge >= 0.3 is 0 Å². The van der Waals surface area contributed by atoms with Crippen molar-refractivity contribution < 1.29 is 4.42 Å². The molecule has 0 saturated heterocycles. The largest absolute Gasteiger partial charge is 0.454 e. The number of fused-ring (bicyclic) bond motifs is 10. The third-order valence-electron chi connectivity index (χ3n) is 9.97. The van der Waals surface area contributed by atoms with Crippen molar-refractivity contribution in [3.8, 4) is 0 Å². The molecule has 0 unspecified atom stereocenters. The van der Waals surface area contributed by atoms with Crippen LogP contribution in [0.2, 0.25) is 19.6 Å². The molecular weight excluding hydrogens is 589 g/mol. The minimum Gasteiger partial charge on any atom is -0.454 e. The van der Waals surface area contributed by atoms with Crippen LogP contribution in [-0.4, -0.2) is 12.5 Å². The van der Waals surface area contributed by atoms with E-state index in [1.165, 1.54) is 59.7 Å². The maximum atomic E-state index is 6.75. The van der Waals surface area contributed by atoms with Crippen LogP contribution in [0, 0.1) is 0 Å². The number of hydrogen-bond acceptors (Lipinski definition) is 2. The molecule has 4 heteroatoms. The molecule has 47 heavy (non-hydrogen) atoms. The van der Waals surface area contributed by atoms with Crippen LogP contribution in [0.4, 0.5) is 17.1 Å². The van der Waals surface area contributed by atoms with Crippen LogP contribution in [0.15, 0.2) is 144 Å². The van der Waals surface area contributed by atoms with Gasteiger partial charge in [0.1, 0.15) is 5.58 Å². The van der Waals surface area contributed by atoms with Crippen molar-refractivity contribution in [3.05, 3.63) is 140 Å². The molecule has 0 aliphatic carbocycles. The first-order valence-corrected chi connectivity index (χ1v) is 19.9. The van der Waals surface area contributed by atoms with E-state index in [1.54, 1.807) is 0 Å². The van der Waals surface area contributed by atoms with Gasteiger partial charge in [-0.05, 0) is 58.4 Å². The summed E-state index contributed by atoms with van der Waals surface area (Å²) in [5.41, 5.74) is 8.98. The highest BCUT2D eigenvalue weighted by Crippen LogP contribution is 2.47. The molecule has 0 saturated carbocycles. The summed E-state index contributed by atoms with van der Waals surface area (Å²) in [5, 5.41) is 11.4. The highest BCUT2D eigenvalue weighted by Gasteiger charge is 2.30. The molecule has 0 atom stereocenters. The van der Waals surface area contributed by atoms with Crippen LogP contribution in [0.5, 0.6) is 0 Å². The van der Waals surface area contributed by atoms with Gasteiger partial charge in [0, 0.05) is 43.7 Å². The number of aromatic nitrogens is 1. The minimum absolute atomic E-state index is 0.905. The SMILES string of the molecule is C[Si](C)(C)c1c(N(c2cc3c4ccccc4n4c5ccccc5c(c2)c34)c2cccc3c2oc2ccccc23)ccc2ccccc12. The number of hydrogen-bond donors (Lipinski definition) is 0. The van der Waals surface area contributed by atoms with Crippen LogP contribution in [0.1, 0.15) is 0 Å². The van der Waals surface area contributed by atoms with Crippen molar-refractivity contribution in [1.29, 1.82) is 0 Å². The number of para-hydroxylation sites is 4. The predicted molar refractivity (Wildman–Crippen MR) is 204 cm³/mol. The number of rotatable bonds is 4. The zero-order chi connectivity index (χ0) is 31.4. The molecule has 10 aromatic rings. The fourth-order valence-corrected chi connectivity index (χ4v) is 10.1. The second kappa shape index (κ2) is 9.47. The Morgan fingerprint density at radius 3 is 1.81 bits per heavy atom. The lowest BCUT2D eigenvalue weighted by Gasteiger charge is -2.32. The van der Waals surface area contributed by atoms with Crippen LogP contribution in [0.25, 0.3) is 70.8 Å². The van der Waals surface area contributed by atoms with Crippen molar-refractivity contribution in [3.63, 3.8) is 0 Å². The summed E-state index contributed by atoms with van der Waals surface area (Å²) in [7, 11) is -1.90. The number of benzene rings is 7. The molecule has 0 spiro atoms. The molecule has 0 radical (unpaired) electrons. The quantitative estimate of drug-likeness (QED) is 0.183. The van der Waals surface area contributed by atoms with E-state index in [4.69, 9.17) is 4.42 Å². The molecule has 3 nitrogen and oxygen atoms in total. The summed E-state index contributed by atoms with van der Waals surface area (Å²) in [6, 6.07) is 51.0. The average molecular weight is 621 g/mol. The lowest BCUT2D eigenvalue weighted by Crippen LogP contribution is -2.41. The highest BCUT2D eigenvalue weighted by atomic mass is 28.3. The Morgan fingerprint density at radius 1 is 0.511 bits per heavy atom. The molecule has 7 aromatic carbocycles. The number of nitrogens with zero attached hydrogens (tertiary/aromatic N) is 2. The van der Waals surface area contributed by atoms with E-state index >= 15 is 0 Å². The lowest BCUT2D eigenvalue weighted by molar-refractivity contribution is 0.669. The van der Waals surface area contributed by atoms with E-state index in [0.717, 1.165) is 33.3 Å². The van der Waals surface area contributed by atoms with E-state index in [0.29, 0.717) is 0 Å². The van der Waals surface area contributed by atoms with Crippen LogP contribution in [0.3, 0.4) is 0 Å². The van der Waals surface area contributed by atoms with Gasteiger partial charge in [-0.1, -0.05) is 117 Å². The molecule has 0 fully saturated rings. The normalized spacial score (nSPS) is 12.6. The van der Waals surface area contributed by atoms with E-state index in [2.05, 4.69) is 168 Å². The smallest absolute Gasteiger partial charge is 0.159 e. The van der Waals surface area contributed by atoms with E-state index in [1.807, 2.05) is 0 Å². The molecule has 0 amide bonds. The zero-order valence-corrected chi connectivity index (χ0v) is 27.6. The summed E-state index contributed by atoms with van der Waals surface area (Å²) >= 11 is 0. The second-order valence-corrected chi connectivity index (χ2v) is 18.8. The summed E-state index contributed by atoms with van der Waals surface area (Å²) in [4.78, 5) is 2.49. The van der Waals surface area contributed by atoms with Gasteiger partial charge in [0.15, 0.2) is 5.58 Å². The minimum atomic E-state index is -1.90. The van der Waals surface area contributed by atoms with Gasteiger partial charge in [0.2, 0.25) is 0 Å². The summed E-state index contributed by atoms with van der Waals surface area (Å²) in [6.45, 7) is 7.39. The molecular formula is C43H32N2OSi. The monoisotopic (exact) mass is 620 g/mol. The first-order chi connectivity index (χ1) is 23.0. The van der Waals surface area contributed by atoms with Crippen molar-refractivity contribution in [1.82, 2.24) is 4.40 Å². The first-order valence-electron chi connectivity index (χ1n) is 16.4. The van der Waals surface area contributed by atoms with Crippen molar-refractivity contribution in [2.45, 2.75) is 19.6 Å². The summed E-state index contributed by atoms with van der Waals surface area (Å²) in [6.07, 6.45) is 0. The molecule has 0 N–H and O–H groups in total. The van der Waals surface area contributed by atoms with Crippen molar-refractivity contribution >= 4 is 101 Å². The summed E-state index contributed by atoms with van der Waals surface area (Å²) in [5.74, 6) is 0. The summed E-state index contributed by atoms with van der Waals surface area (Å²) < 4.78 is 9.20. The Kier molecular flexibility index (Phi) is 5.36. The average Bonchev–Trinajstić information content (AvgIpc) is 3.75. The van der Waals surface area contributed by atoms with Gasteiger partial charge in [0.05, 0.1) is 30.3 Å². The maximum absolute atomic E-state index is 6.75. The Morgan fingerprint density at radius 2 is 1.11 bits per heavy atom. The van der Waals surface area contributed by atoms with Crippen LogP contribution in [-0.2, 0) is 0 Å². The second-order valence-electron chi connectivity index (χ2n) is 13.8. The molecule has 0 aliphatic heterocycles. The standard InChI is InChI=1S/C43H32N2OSi/c1-47(2,3)43-29-14-5-4-13-27(29)23-24-39(43)44(38-21-12-18-33-32-17-8-11-22-40(32)46-42(33)38)28-25-34-30-15-6-9-19-36(30)45-37-20-10-7-16-31(37)35(26-28)41(34)45/h4-26H,1-3H3. The van der Waals surface area contributed by atoms with Gasteiger partial charge in [-0.15, -0.1) is 0 Å².